The van der Waals surface area contributed by atoms with Crippen LogP contribution in [-0.2, 0) is 0 Å². The van der Waals surface area contributed by atoms with Crippen LogP contribution in [0, 0.1) is 37.3 Å². The van der Waals surface area contributed by atoms with Crippen molar-refractivity contribution in [1.29, 1.82) is 0 Å². The van der Waals surface area contributed by atoms with E-state index in [1.54, 1.807) is 0 Å². The van der Waals surface area contributed by atoms with Gasteiger partial charge in [-0.2, -0.15) is 0 Å². The lowest BCUT2D eigenvalue weighted by atomic mass is 10.1. The number of nitrogens with zero attached hydrogens (tertiary/aromatic N) is 3. The van der Waals surface area contributed by atoms with E-state index in [2.05, 4.69) is 0 Å². The monoisotopic (exact) mass is 283 g/mol. The fraction of sp³-hybridized carbons (Fsp3) is 0.111. The fourth-order valence-electron chi connectivity index (χ4n) is 1.86. The van der Waals surface area contributed by atoms with Gasteiger partial charge in [0.25, 0.3) is 5.75 Å². The number of nitro groups is 3. The van der Waals surface area contributed by atoms with E-state index in [4.69, 9.17) is 4.42 Å². The molecule has 104 valence electrons. The van der Waals surface area contributed by atoms with E-state index in [9.17, 15) is 35.4 Å². The maximum atomic E-state index is 11.0. The summed E-state index contributed by atoms with van der Waals surface area (Å²) in [5.41, 5.74) is -3.21. The number of phenols is 1. The van der Waals surface area contributed by atoms with E-state index in [-0.39, 0.29) is 5.76 Å². The van der Waals surface area contributed by atoms with Crippen molar-refractivity contribution in [3.63, 3.8) is 0 Å². The Balaban J connectivity index is 3.07. The van der Waals surface area contributed by atoms with Crippen LogP contribution in [0.5, 0.6) is 5.75 Å². The summed E-state index contributed by atoms with van der Waals surface area (Å²) in [6, 6.07) is 0.706. The molecular formula is C9H5N3O8. The molecule has 0 radical (unpaired) electrons. The van der Waals surface area contributed by atoms with Crippen LogP contribution in [-0.4, -0.2) is 19.9 Å². The highest BCUT2D eigenvalue weighted by molar-refractivity contribution is 6.01. The molecule has 0 amide bonds. The van der Waals surface area contributed by atoms with E-state index < -0.39 is 48.6 Å². The average molecular weight is 283 g/mol. The maximum Gasteiger partial charge on any atom is 0.336 e. The first-order valence-electron chi connectivity index (χ1n) is 4.98. The van der Waals surface area contributed by atoms with Crippen molar-refractivity contribution in [3.05, 3.63) is 42.2 Å². The topological polar surface area (TPSA) is 163 Å². The summed E-state index contributed by atoms with van der Waals surface area (Å²) in [4.78, 5) is 29.5. The first kappa shape index (κ1) is 13.2. The lowest BCUT2D eigenvalue weighted by Gasteiger charge is -1.98. The Kier molecular flexibility index (Phi) is 2.74. The van der Waals surface area contributed by atoms with Crippen LogP contribution in [0.15, 0.2) is 10.5 Å². The molecule has 0 aliphatic heterocycles. The lowest BCUT2D eigenvalue weighted by Crippen LogP contribution is -1.96. The van der Waals surface area contributed by atoms with Gasteiger partial charge in [0.1, 0.15) is 0 Å². The maximum absolute atomic E-state index is 11.0. The first-order chi connectivity index (χ1) is 9.25. The molecule has 11 heteroatoms. The molecule has 0 fully saturated rings. The van der Waals surface area contributed by atoms with Gasteiger partial charge in [-0.15, -0.1) is 0 Å². The van der Waals surface area contributed by atoms with Crippen molar-refractivity contribution in [3.8, 4) is 5.75 Å². The Morgan fingerprint density at radius 2 is 1.60 bits per heavy atom. The zero-order chi connectivity index (χ0) is 15.2. The zero-order valence-corrected chi connectivity index (χ0v) is 9.72. The van der Waals surface area contributed by atoms with Crippen molar-refractivity contribution in [1.82, 2.24) is 0 Å². The number of aromatic hydroxyl groups is 1. The minimum absolute atomic E-state index is 0.256. The number of rotatable bonds is 3. The number of benzene rings is 1. The Morgan fingerprint density at radius 3 is 2.05 bits per heavy atom. The Morgan fingerprint density at radius 1 is 1.05 bits per heavy atom. The van der Waals surface area contributed by atoms with Crippen molar-refractivity contribution < 1.29 is 24.3 Å². The summed E-state index contributed by atoms with van der Waals surface area (Å²) >= 11 is 0. The summed E-state index contributed by atoms with van der Waals surface area (Å²) in [6.07, 6.45) is 0. The van der Waals surface area contributed by atoms with E-state index in [1.165, 1.54) is 6.92 Å². The molecule has 0 bridgehead atoms. The summed E-state index contributed by atoms with van der Waals surface area (Å²) in [7, 11) is 0. The minimum Gasteiger partial charge on any atom is -0.497 e. The van der Waals surface area contributed by atoms with Crippen molar-refractivity contribution in [2.24, 2.45) is 0 Å². The molecule has 0 saturated heterocycles. The molecular weight excluding hydrogens is 278 g/mol. The van der Waals surface area contributed by atoms with Crippen molar-refractivity contribution in [2.75, 3.05) is 0 Å². The van der Waals surface area contributed by atoms with Gasteiger partial charge in [-0.3, -0.25) is 30.3 Å². The number of phenolic OH excluding ortho intramolecular Hbond substituents is 1. The predicted octanol–water partition coefficient (Wildman–Crippen LogP) is 2.17. The van der Waals surface area contributed by atoms with E-state index in [1.807, 2.05) is 0 Å². The number of fused-ring (bicyclic) bond motifs is 1. The molecule has 1 N–H and O–H groups in total. The average Bonchev–Trinajstić information content (AvgIpc) is 2.62. The third-order valence-electron chi connectivity index (χ3n) is 2.61. The van der Waals surface area contributed by atoms with Gasteiger partial charge in [0.2, 0.25) is 0 Å². The number of nitro benzene ring substituents is 2. The molecule has 2 aromatic rings. The quantitative estimate of drug-likeness (QED) is 0.661. The van der Waals surface area contributed by atoms with Gasteiger partial charge >= 0.3 is 17.1 Å². The lowest BCUT2D eigenvalue weighted by molar-refractivity contribution is -0.397. The summed E-state index contributed by atoms with van der Waals surface area (Å²) in [6.45, 7) is 1.19. The molecule has 0 spiro atoms. The van der Waals surface area contributed by atoms with E-state index >= 15 is 0 Å². The van der Waals surface area contributed by atoms with Crippen LogP contribution in [0.1, 0.15) is 5.76 Å². The number of furan rings is 1. The second kappa shape index (κ2) is 4.15. The molecule has 1 heterocycles. The summed E-state index contributed by atoms with van der Waals surface area (Å²) in [5, 5.41) is 41.6. The number of hydrogen-bond acceptors (Lipinski definition) is 8. The molecule has 0 aliphatic rings. The molecule has 2 rings (SSSR count). The Bertz CT molecular complexity index is 777. The molecule has 0 aliphatic carbocycles. The second-order valence-corrected chi connectivity index (χ2v) is 3.74. The third-order valence-corrected chi connectivity index (χ3v) is 2.61. The fourth-order valence-corrected chi connectivity index (χ4v) is 1.86. The molecule has 1 aromatic carbocycles. The van der Waals surface area contributed by atoms with Crippen LogP contribution < -0.4 is 0 Å². The molecule has 11 nitrogen and oxygen atoms in total. The summed E-state index contributed by atoms with van der Waals surface area (Å²) < 4.78 is 4.94. The van der Waals surface area contributed by atoms with Gasteiger partial charge in [-0.25, -0.2) is 0 Å². The molecule has 0 saturated carbocycles. The highest BCUT2D eigenvalue weighted by atomic mass is 16.6. The first-order valence-corrected chi connectivity index (χ1v) is 4.98. The number of aryl methyl sites for hydroxylation is 1. The smallest absolute Gasteiger partial charge is 0.336 e. The SMILES string of the molecule is Cc1oc2cc([N+](=O)[O-])c(O)c([N+](=O)[O-])c2c1[N+](=O)[O-]. The van der Waals surface area contributed by atoms with Crippen LogP contribution in [0.4, 0.5) is 17.1 Å². The molecule has 0 atom stereocenters. The van der Waals surface area contributed by atoms with E-state index in [0.29, 0.717) is 6.07 Å². The highest BCUT2D eigenvalue weighted by Crippen LogP contribution is 2.47. The van der Waals surface area contributed by atoms with Crippen LogP contribution in [0.25, 0.3) is 11.0 Å². The normalized spacial score (nSPS) is 10.7. The largest absolute Gasteiger partial charge is 0.497 e. The van der Waals surface area contributed by atoms with Crippen molar-refractivity contribution in [2.45, 2.75) is 6.92 Å². The van der Waals surface area contributed by atoms with Crippen LogP contribution in [0.2, 0.25) is 0 Å². The standard InChI is InChI=1S/C9H5N3O8/c1-3-7(11(16)17)6-5(20-3)2-4(10(14)15)9(13)8(6)12(18)19/h2,13H,1H3. The molecule has 1 aromatic heterocycles. The van der Waals surface area contributed by atoms with Crippen molar-refractivity contribution >= 4 is 28.0 Å². The van der Waals surface area contributed by atoms with Gasteiger partial charge in [0, 0.05) is 6.92 Å². The van der Waals surface area contributed by atoms with Gasteiger partial charge in [0.05, 0.1) is 20.8 Å². The second-order valence-electron chi connectivity index (χ2n) is 3.74. The Labute approximate surface area is 108 Å². The zero-order valence-electron chi connectivity index (χ0n) is 9.72. The molecule has 0 unspecified atom stereocenters. The summed E-state index contributed by atoms with van der Waals surface area (Å²) in [5.74, 6) is -1.51. The van der Waals surface area contributed by atoms with Gasteiger partial charge in [0.15, 0.2) is 16.7 Å². The highest BCUT2D eigenvalue weighted by Gasteiger charge is 2.37. The number of hydrogen-bond donors (Lipinski definition) is 1. The van der Waals surface area contributed by atoms with Gasteiger partial charge in [-0.05, 0) is 0 Å². The predicted molar refractivity (Wildman–Crippen MR) is 62.6 cm³/mol. The molecule has 20 heavy (non-hydrogen) atoms. The van der Waals surface area contributed by atoms with Gasteiger partial charge < -0.3 is 9.52 Å². The Hall–Kier alpha value is -3.24. The van der Waals surface area contributed by atoms with Crippen LogP contribution >= 0.6 is 0 Å². The minimum atomic E-state index is -1.25. The van der Waals surface area contributed by atoms with Crippen LogP contribution in [0.3, 0.4) is 0 Å². The third kappa shape index (κ3) is 1.68. The van der Waals surface area contributed by atoms with Gasteiger partial charge in [-0.1, -0.05) is 0 Å². The van der Waals surface area contributed by atoms with E-state index in [0.717, 1.165) is 0 Å².